The number of amides is 1. The number of nitrogens with one attached hydrogen (secondary N) is 1. The molecule has 1 amide bonds. The van der Waals surface area contributed by atoms with Crippen molar-refractivity contribution in [1.29, 1.82) is 0 Å². The number of hydrogen-bond donors (Lipinski definition) is 1. The second-order valence-electron chi connectivity index (χ2n) is 7.10. The van der Waals surface area contributed by atoms with Crippen LogP contribution in [0.25, 0.3) is 10.9 Å². The molecule has 0 bridgehead atoms. The lowest BCUT2D eigenvalue weighted by Crippen LogP contribution is -2.40. The molecule has 0 saturated carbocycles. The highest BCUT2D eigenvalue weighted by Gasteiger charge is 2.30. The van der Waals surface area contributed by atoms with E-state index in [9.17, 15) is 4.79 Å². The van der Waals surface area contributed by atoms with Gasteiger partial charge in [0.05, 0.1) is 24.8 Å². The Labute approximate surface area is 143 Å². The van der Waals surface area contributed by atoms with Gasteiger partial charge in [0.25, 0.3) is 0 Å². The number of fused-ring (bicyclic) bond motifs is 1. The van der Waals surface area contributed by atoms with Crippen LogP contribution in [0.3, 0.4) is 0 Å². The molecular formula is C20H26N2O2. The summed E-state index contributed by atoms with van der Waals surface area (Å²) in [6.45, 7) is 5.60. The molecule has 128 valence electrons. The first-order chi connectivity index (χ1) is 11.6. The van der Waals surface area contributed by atoms with Crippen LogP contribution < -0.4 is 5.32 Å². The van der Waals surface area contributed by atoms with Crippen molar-refractivity contribution in [3.05, 3.63) is 42.1 Å². The van der Waals surface area contributed by atoms with Gasteiger partial charge in [-0.3, -0.25) is 9.78 Å². The van der Waals surface area contributed by atoms with Crippen molar-refractivity contribution in [3.63, 3.8) is 0 Å². The molecule has 0 unspecified atom stereocenters. The maximum atomic E-state index is 12.1. The first-order valence-corrected chi connectivity index (χ1v) is 8.83. The molecule has 1 N–H and O–H groups in total. The van der Waals surface area contributed by atoms with E-state index < -0.39 is 0 Å². The highest BCUT2D eigenvalue weighted by Crippen LogP contribution is 2.24. The van der Waals surface area contributed by atoms with E-state index in [1.807, 2.05) is 24.4 Å². The SMILES string of the molecule is CC(C)CCC(=O)N[C@H]1COC[C@H]1Cc1ccnc2ccccc12. The Balaban J connectivity index is 1.66. The summed E-state index contributed by atoms with van der Waals surface area (Å²) in [4.78, 5) is 16.6. The molecule has 1 aliphatic heterocycles. The van der Waals surface area contributed by atoms with Crippen molar-refractivity contribution in [1.82, 2.24) is 10.3 Å². The van der Waals surface area contributed by atoms with E-state index in [-0.39, 0.29) is 11.9 Å². The van der Waals surface area contributed by atoms with Gasteiger partial charge in [0.1, 0.15) is 0 Å². The fourth-order valence-electron chi connectivity index (χ4n) is 3.27. The quantitative estimate of drug-likeness (QED) is 0.886. The van der Waals surface area contributed by atoms with E-state index in [1.54, 1.807) is 0 Å². The van der Waals surface area contributed by atoms with Gasteiger partial charge in [-0.15, -0.1) is 0 Å². The van der Waals surface area contributed by atoms with Crippen LogP contribution in [0.1, 0.15) is 32.3 Å². The number of hydrogen-bond acceptors (Lipinski definition) is 3. The molecule has 2 heterocycles. The monoisotopic (exact) mass is 326 g/mol. The predicted octanol–water partition coefficient (Wildman–Crippen LogP) is 3.34. The van der Waals surface area contributed by atoms with Gasteiger partial charge in [-0.1, -0.05) is 32.0 Å². The normalized spacial score (nSPS) is 20.6. The van der Waals surface area contributed by atoms with Gasteiger partial charge < -0.3 is 10.1 Å². The largest absolute Gasteiger partial charge is 0.379 e. The lowest BCUT2D eigenvalue weighted by atomic mass is 9.93. The number of para-hydroxylation sites is 1. The maximum absolute atomic E-state index is 12.1. The molecule has 2 atom stereocenters. The third-order valence-electron chi connectivity index (χ3n) is 4.71. The number of carbonyl (C=O) groups is 1. The summed E-state index contributed by atoms with van der Waals surface area (Å²) in [5, 5.41) is 4.36. The summed E-state index contributed by atoms with van der Waals surface area (Å²) in [5.41, 5.74) is 2.30. The van der Waals surface area contributed by atoms with Gasteiger partial charge in [0.2, 0.25) is 5.91 Å². The molecule has 1 fully saturated rings. The summed E-state index contributed by atoms with van der Waals surface area (Å²) >= 11 is 0. The molecule has 0 aliphatic carbocycles. The fraction of sp³-hybridized carbons (Fsp3) is 0.500. The molecule has 3 rings (SSSR count). The van der Waals surface area contributed by atoms with Crippen molar-refractivity contribution in [3.8, 4) is 0 Å². The highest BCUT2D eigenvalue weighted by atomic mass is 16.5. The molecule has 0 spiro atoms. The van der Waals surface area contributed by atoms with Crippen LogP contribution >= 0.6 is 0 Å². The third kappa shape index (κ3) is 4.12. The second kappa shape index (κ2) is 7.75. The molecule has 1 aromatic heterocycles. The summed E-state index contributed by atoms with van der Waals surface area (Å²) in [6.07, 6.45) is 4.29. The Morgan fingerprint density at radius 1 is 1.29 bits per heavy atom. The smallest absolute Gasteiger partial charge is 0.220 e. The molecule has 24 heavy (non-hydrogen) atoms. The van der Waals surface area contributed by atoms with E-state index in [0.717, 1.165) is 18.4 Å². The number of aromatic nitrogens is 1. The summed E-state index contributed by atoms with van der Waals surface area (Å²) in [5.74, 6) is 1.01. The number of carbonyl (C=O) groups excluding carboxylic acids is 1. The summed E-state index contributed by atoms with van der Waals surface area (Å²) in [7, 11) is 0. The molecule has 4 heteroatoms. The van der Waals surface area contributed by atoms with E-state index in [4.69, 9.17) is 4.74 Å². The third-order valence-corrected chi connectivity index (χ3v) is 4.71. The zero-order chi connectivity index (χ0) is 16.9. The van der Waals surface area contributed by atoms with Crippen LogP contribution in [0.15, 0.2) is 36.5 Å². The van der Waals surface area contributed by atoms with Gasteiger partial charge in [0, 0.05) is 23.9 Å². The fourth-order valence-corrected chi connectivity index (χ4v) is 3.27. The Hall–Kier alpha value is -1.94. The number of ether oxygens (including phenoxy) is 1. The van der Waals surface area contributed by atoms with E-state index in [2.05, 4.69) is 36.3 Å². The molecule has 1 aromatic carbocycles. The van der Waals surface area contributed by atoms with Gasteiger partial charge in [-0.25, -0.2) is 0 Å². The van der Waals surface area contributed by atoms with Crippen molar-refractivity contribution in [2.24, 2.45) is 11.8 Å². The molecule has 1 saturated heterocycles. The zero-order valence-electron chi connectivity index (χ0n) is 14.5. The summed E-state index contributed by atoms with van der Waals surface area (Å²) in [6, 6.07) is 10.4. The van der Waals surface area contributed by atoms with Gasteiger partial charge >= 0.3 is 0 Å². The molecule has 4 nitrogen and oxygen atoms in total. The van der Waals surface area contributed by atoms with Crippen LogP contribution in [0, 0.1) is 11.8 Å². The average Bonchev–Trinajstić information content (AvgIpc) is 3.00. The molecule has 2 aromatic rings. The number of benzene rings is 1. The minimum atomic E-state index is 0.108. The lowest BCUT2D eigenvalue weighted by molar-refractivity contribution is -0.122. The van der Waals surface area contributed by atoms with Crippen LogP contribution in [0.4, 0.5) is 0 Å². The molecule has 0 radical (unpaired) electrons. The van der Waals surface area contributed by atoms with Crippen molar-refractivity contribution in [2.75, 3.05) is 13.2 Å². The average molecular weight is 326 g/mol. The standard InChI is InChI=1S/C20H26N2O2/c1-14(2)7-8-20(23)22-19-13-24-12-16(19)11-15-9-10-21-18-6-4-3-5-17(15)18/h3-6,9-10,14,16,19H,7-8,11-13H2,1-2H3,(H,22,23)/t16-,19+/m1/s1. The Morgan fingerprint density at radius 2 is 2.12 bits per heavy atom. The van der Waals surface area contributed by atoms with Crippen LogP contribution in [-0.2, 0) is 16.0 Å². The molecule has 1 aliphatic rings. The van der Waals surface area contributed by atoms with E-state index >= 15 is 0 Å². The first kappa shape index (κ1) is 16.9. The van der Waals surface area contributed by atoms with Crippen LogP contribution in [0.2, 0.25) is 0 Å². The number of pyridine rings is 1. The van der Waals surface area contributed by atoms with Crippen molar-refractivity contribution >= 4 is 16.8 Å². The van der Waals surface area contributed by atoms with E-state index in [0.29, 0.717) is 31.5 Å². The topological polar surface area (TPSA) is 51.2 Å². The first-order valence-electron chi connectivity index (χ1n) is 8.83. The van der Waals surface area contributed by atoms with E-state index in [1.165, 1.54) is 10.9 Å². The van der Waals surface area contributed by atoms with Gasteiger partial charge in [-0.05, 0) is 36.5 Å². The van der Waals surface area contributed by atoms with Crippen LogP contribution in [0.5, 0.6) is 0 Å². The van der Waals surface area contributed by atoms with Crippen LogP contribution in [-0.4, -0.2) is 30.1 Å². The highest BCUT2D eigenvalue weighted by molar-refractivity contribution is 5.81. The Morgan fingerprint density at radius 3 is 2.96 bits per heavy atom. The van der Waals surface area contributed by atoms with Gasteiger partial charge in [-0.2, -0.15) is 0 Å². The maximum Gasteiger partial charge on any atom is 0.220 e. The second-order valence-corrected chi connectivity index (χ2v) is 7.10. The van der Waals surface area contributed by atoms with Crippen molar-refractivity contribution in [2.45, 2.75) is 39.2 Å². The predicted molar refractivity (Wildman–Crippen MR) is 95.8 cm³/mol. The summed E-state index contributed by atoms with van der Waals surface area (Å²) < 4.78 is 5.65. The van der Waals surface area contributed by atoms with Crippen molar-refractivity contribution < 1.29 is 9.53 Å². The minimum absolute atomic E-state index is 0.108. The Bertz CT molecular complexity index is 694. The zero-order valence-corrected chi connectivity index (χ0v) is 14.5. The number of nitrogens with zero attached hydrogens (tertiary/aromatic N) is 1. The lowest BCUT2D eigenvalue weighted by Gasteiger charge is -2.20. The minimum Gasteiger partial charge on any atom is -0.379 e. The number of rotatable bonds is 6. The molecular weight excluding hydrogens is 300 g/mol. The Kier molecular flexibility index (Phi) is 5.46. The van der Waals surface area contributed by atoms with Gasteiger partial charge in [0.15, 0.2) is 0 Å².